The second-order valence-corrected chi connectivity index (χ2v) is 5.04. The van der Waals surface area contributed by atoms with Crippen LogP contribution >= 0.6 is 0 Å². The van der Waals surface area contributed by atoms with Crippen molar-refractivity contribution in [3.8, 4) is 0 Å². The second-order valence-electron chi connectivity index (χ2n) is 5.04. The Morgan fingerprint density at radius 1 is 1.42 bits per heavy atom. The minimum atomic E-state index is -0.00894. The van der Waals surface area contributed by atoms with Crippen molar-refractivity contribution in [1.29, 1.82) is 0 Å². The summed E-state index contributed by atoms with van der Waals surface area (Å²) in [7, 11) is 0. The van der Waals surface area contributed by atoms with Gasteiger partial charge in [0.15, 0.2) is 5.65 Å². The molecule has 3 rings (SSSR count). The van der Waals surface area contributed by atoms with Gasteiger partial charge in [-0.3, -0.25) is 4.79 Å². The molecule has 0 radical (unpaired) electrons. The van der Waals surface area contributed by atoms with E-state index >= 15 is 0 Å². The predicted octanol–water partition coefficient (Wildman–Crippen LogP) is 1.19. The molecule has 0 saturated heterocycles. The molecule has 1 aliphatic rings. The van der Waals surface area contributed by atoms with Crippen molar-refractivity contribution in [3.63, 3.8) is 0 Å². The number of rotatable bonds is 3. The molecular weight excluding hydrogens is 242 g/mol. The molecule has 2 atom stereocenters. The fourth-order valence-electron chi connectivity index (χ4n) is 2.68. The van der Waals surface area contributed by atoms with Crippen molar-refractivity contribution in [2.75, 3.05) is 5.32 Å². The van der Waals surface area contributed by atoms with E-state index in [-0.39, 0.29) is 11.9 Å². The standard InChI is InChI=1S/C13H17N5O/c14-10-3-1-2-9(10)8-13(19)17-12-4-6-15-11-5-7-16-18(11)12/h4-7,9-10H,1-3,8,14H2,(H,17,19)/t9-,10+/m0/s1. The molecule has 6 heteroatoms. The summed E-state index contributed by atoms with van der Waals surface area (Å²) in [5, 5.41) is 7.02. The van der Waals surface area contributed by atoms with E-state index in [4.69, 9.17) is 5.73 Å². The van der Waals surface area contributed by atoms with E-state index in [1.165, 1.54) is 0 Å². The predicted molar refractivity (Wildman–Crippen MR) is 71.6 cm³/mol. The summed E-state index contributed by atoms with van der Waals surface area (Å²) >= 11 is 0. The van der Waals surface area contributed by atoms with Crippen LogP contribution in [0.25, 0.3) is 5.65 Å². The van der Waals surface area contributed by atoms with E-state index in [1.807, 2.05) is 0 Å². The molecule has 0 bridgehead atoms. The zero-order valence-corrected chi connectivity index (χ0v) is 10.6. The highest BCUT2D eigenvalue weighted by Gasteiger charge is 2.26. The minimum absolute atomic E-state index is 0.00894. The van der Waals surface area contributed by atoms with E-state index in [0.29, 0.717) is 18.2 Å². The first-order chi connectivity index (χ1) is 9.24. The van der Waals surface area contributed by atoms with E-state index in [1.54, 1.807) is 29.0 Å². The number of nitrogens with two attached hydrogens (primary N) is 1. The summed E-state index contributed by atoms with van der Waals surface area (Å²) in [5.41, 5.74) is 6.71. The quantitative estimate of drug-likeness (QED) is 0.867. The number of carbonyl (C=O) groups excluding carboxylic acids is 1. The third-order valence-electron chi connectivity index (χ3n) is 3.72. The molecule has 3 N–H and O–H groups in total. The first-order valence-corrected chi connectivity index (χ1v) is 6.58. The normalized spacial score (nSPS) is 22.8. The van der Waals surface area contributed by atoms with E-state index in [2.05, 4.69) is 15.4 Å². The molecule has 1 aliphatic carbocycles. The Balaban J connectivity index is 1.70. The minimum Gasteiger partial charge on any atom is -0.327 e. The summed E-state index contributed by atoms with van der Waals surface area (Å²) in [4.78, 5) is 16.2. The molecule has 1 saturated carbocycles. The summed E-state index contributed by atoms with van der Waals surface area (Å²) < 4.78 is 1.62. The monoisotopic (exact) mass is 259 g/mol. The Hall–Kier alpha value is -1.95. The van der Waals surface area contributed by atoms with Crippen LogP contribution in [0.5, 0.6) is 0 Å². The number of amides is 1. The number of hydrogen-bond acceptors (Lipinski definition) is 4. The smallest absolute Gasteiger partial charge is 0.225 e. The Morgan fingerprint density at radius 2 is 2.32 bits per heavy atom. The van der Waals surface area contributed by atoms with Crippen molar-refractivity contribution in [1.82, 2.24) is 14.6 Å². The van der Waals surface area contributed by atoms with Gasteiger partial charge in [0.1, 0.15) is 5.82 Å². The fraction of sp³-hybridized carbons (Fsp3) is 0.462. The second kappa shape index (κ2) is 4.97. The molecule has 2 heterocycles. The van der Waals surface area contributed by atoms with Crippen LogP contribution in [0.4, 0.5) is 5.82 Å². The molecule has 100 valence electrons. The van der Waals surface area contributed by atoms with Crippen LogP contribution in [-0.4, -0.2) is 26.5 Å². The van der Waals surface area contributed by atoms with Gasteiger partial charge in [-0.2, -0.15) is 9.61 Å². The number of fused-ring (bicyclic) bond motifs is 1. The average molecular weight is 259 g/mol. The van der Waals surface area contributed by atoms with Crippen LogP contribution in [0.3, 0.4) is 0 Å². The summed E-state index contributed by atoms with van der Waals surface area (Å²) in [6.45, 7) is 0. The highest BCUT2D eigenvalue weighted by Crippen LogP contribution is 2.27. The number of hydrogen-bond donors (Lipinski definition) is 2. The molecule has 0 aliphatic heterocycles. The van der Waals surface area contributed by atoms with E-state index < -0.39 is 0 Å². The molecule has 0 spiro atoms. The first kappa shape index (κ1) is 12.1. The highest BCUT2D eigenvalue weighted by atomic mass is 16.1. The van der Waals surface area contributed by atoms with Gasteiger partial charge in [-0.1, -0.05) is 6.42 Å². The lowest BCUT2D eigenvalue weighted by molar-refractivity contribution is -0.117. The molecule has 2 aromatic rings. The number of anilines is 1. The topological polar surface area (TPSA) is 85.3 Å². The SMILES string of the molecule is N[C@@H]1CCC[C@H]1CC(=O)Nc1ccnc2ccnn12. The number of nitrogens with one attached hydrogen (secondary N) is 1. The van der Waals surface area contributed by atoms with Crippen LogP contribution in [0, 0.1) is 5.92 Å². The number of aromatic nitrogens is 3. The van der Waals surface area contributed by atoms with Crippen LogP contribution in [-0.2, 0) is 4.79 Å². The maximum Gasteiger partial charge on any atom is 0.225 e. The number of nitrogens with zero attached hydrogens (tertiary/aromatic N) is 3. The summed E-state index contributed by atoms with van der Waals surface area (Å²) in [6.07, 6.45) is 6.99. The van der Waals surface area contributed by atoms with Crippen LogP contribution in [0.2, 0.25) is 0 Å². The van der Waals surface area contributed by atoms with Crippen LogP contribution < -0.4 is 11.1 Å². The Labute approximate surface area is 111 Å². The maximum absolute atomic E-state index is 12.1. The zero-order valence-electron chi connectivity index (χ0n) is 10.6. The van der Waals surface area contributed by atoms with Crippen molar-refractivity contribution in [2.24, 2.45) is 11.7 Å². The first-order valence-electron chi connectivity index (χ1n) is 6.58. The van der Waals surface area contributed by atoms with Crippen LogP contribution in [0.1, 0.15) is 25.7 Å². The van der Waals surface area contributed by atoms with Gasteiger partial charge >= 0.3 is 0 Å². The van der Waals surface area contributed by atoms with Gasteiger partial charge in [0.2, 0.25) is 5.91 Å². The third-order valence-corrected chi connectivity index (χ3v) is 3.72. The molecule has 0 aromatic carbocycles. The third kappa shape index (κ3) is 2.44. The van der Waals surface area contributed by atoms with Gasteiger partial charge in [0.05, 0.1) is 6.20 Å². The highest BCUT2D eigenvalue weighted by molar-refractivity contribution is 5.90. The van der Waals surface area contributed by atoms with Crippen molar-refractivity contribution in [2.45, 2.75) is 31.7 Å². The molecule has 1 fully saturated rings. The lowest BCUT2D eigenvalue weighted by Crippen LogP contribution is -2.28. The Kier molecular flexibility index (Phi) is 3.16. The Bertz CT molecular complexity index is 593. The van der Waals surface area contributed by atoms with Gasteiger partial charge in [0.25, 0.3) is 0 Å². The molecule has 0 unspecified atom stereocenters. The van der Waals surface area contributed by atoms with Gasteiger partial charge in [-0.15, -0.1) is 0 Å². The van der Waals surface area contributed by atoms with Gasteiger partial charge in [0, 0.05) is 24.7 Å². The van der Waals surface area contributed by atoms with Crippen LogP contribution in [0.15, 0.2) is 24.5 Å². The largest absolute Gasteiger partial charge is 0.327 e. The molecule has 1 amide bonds. The maximum atomic E-state index is 12.1. The lowest BCUT2D eigenvalue weighted by atomic mass is 10.00. The summed E-state index contributed by atoms with van der Waals surface area (Å²) in [5.74, 6) is 0.937. The summed E-state index contributed by atoms with van der Waals surface area (Å²) in [6, 6.07) is 3.70. The Morgan fingerprint density at radius 3 is 3.11 bits per heavy atom. The molecule has 2 aromatic heterocycles. The van der Waals surface area contributed by atoms with Gasteiger partial charge in [-0.05, 0) is 24.8 Å². The van der Waals surface area contributed by atoms with Crippen molar-refractivity contribution >= 4 is 17.4 Å². The van der Waals surface area contributed by atoms with E-state index in [9.17, 15) is 4.79 Å². The van der Waals surface area contributed by atoms with Gasteiger partial charge in [-0.25, -0.2) is 4.98 Å². The van der Waals surface area contributed by atoms with E-state index in [0.717, 1.165) is 24.9 Å². The molecule has 6 nitrogen and oxygen atoms in total. The van der Waals surface area contributed by atoms with Crippen molar-refractivity contribution in [3.05, 3.63) is 24.5 Å². The van der Waals surface area contributed by atoms with Gasteiger partial charge < -0.3 is 11.1 Å². The fourth-order valence-corrected chi connectivity index (χ4v) is 2.68. The lowest BCUT2D eigenvalue weighted by Gasteiger charge is -2.14. The molecular formula is C13H17N5O. The number of carbonyl (C=O) groups is 1. The molecule has 19 heavy (non-hydrogen) atoms. The average Bonchev–Trinajstić information content (AvgIpc) is 3.00. The van der Waals surface area contributed by atoms with Crippen molar-refractivity contribution < 1.29 is 4.79 Å². The zero-order chi connectivity index (χ0) is 13.2.